The summed E-state index contributed by atoms with van der Waals surface area (Å²) in [6, 6.07) is 32.2. The van der Waals surface area contributed by atoms with E-state index < -0.39 is 15.5 Å². The van der Waals surface area contributed by atoms with Gasteiger partial charge in [0.2, 0.25) is 5.91 Å². The van der Waals surface area contributed by atoms with Crippen molar-refractivity contribution < 1.29 is 9.00 Å². The summed E-state index contributed by atoms with van der Waals surface area (Å²) in [6.45, 7) is 0.559. The van der Waals surface area contributed by atoms with Crippen LogP contribution in [0.15, 0.2) is 91.0 Å². The van der Waals surface area contributed by atoms with Crippen LogP contribution in [0.3, 0.4) is 0 Å². The molecule has 1 saturated heterocycles. The lowest BCUT2D eigenvalue weighted by Gasteiger charge is -2.35. The zero-order chi connectivity index (χ0) is 23.8. The Morgan fingerprint density at radius 1 is 0.853 bits per heavy atom. The third kappa shape index (κ3) is 5.61. The maximum Gasteiger partial charge on any atom is 0.224 e. The fourth-order valence-electron chi connectivity index (χ4n) is 4.49. The number of unbranched alkanes of at least 4 members (excludes halogenated alkanes) is 2. The molecule has 0 saturated carbocycles. The third-order valence-electron chi connectivity index (χ3n) is 6.25. The molecule has 0 bridgehead atoms. The van der Waals surface area contributed by atoms with E-state index in [4.69, 9.17) is 0 Å². The summed E-state index contributed by atoms with van der Waals surface area (Å²) < 4.78 is 11.1. The maximum atomic E-state index is 12.5. The van der Waals surface area contributed by atoms with Crippen LogP contribution in [-0.2, 0) is 20.3 Å². The quantitative estimate of drug-likeness (QED) is 0.205. The van der Waals surface area contributed by atoms with E-state index in [2.05, 4.69) is 104 Å². The molecule has 3 aromatic carbocycles. The fraction of sp³-hybridized carbons (Fsp3) is 0.321. The Morgan fingerprint density at radius 3 is 1.79 bits per heavy atom. The second-order valence-corrected chi connectivity index (χ2v) is 12.2. The summed E-state index contributed by atoms with van der Waals surface area (Å²) in [5, 5.41) is 0. The molecule has 2 unspecified atom stereocenters. The van der Waals surface area contributed by atoms with Gasteiger partial charge in [0.25, 0.3) is 0 Å². The van der Waals surface area contributed by atoms with Gasteiger partial charge in [0.15, 0.2) is 4.71 Å². The Bertz CT molecular complexity index is 980. The van der Waals surface area contributed by atoms with Crippen LogP contribution in [-0.4, -0.2) is 37.8 Å². The van der Waals surface area contributed by atoms with Crippen LogP contribution in [0.25, 0.3) is 0 Å². The lowest BCUT2D eigenvalue weighted by Crippen LogP contribution is -2.33. The Labute approximate surface area is 215 Å². The van der Waals surface area contributed by atoms with E-state index in [1.54, 1.807) is 4.90 Å². The van der Waals surface area contributed by atoms with Crippen LogP contribution >= 0.6 is 24.4 Å². The standard InChI is InChI=1S/C28H31NO2S3/c30-26(29-20-22-34(31)27(29)32)19-11-4-12-21-33-28(23-13-5-1-6-14-23,24-15-7-2-8-16-24)25-17-9-3-10-18-25/h1-3,5-10,13-18,27,32H,4,11-12,19-22H2. The number of carbonyl (C=O) groups is 1. The van der Waals surface area contributed by atoms with E-state index >= 15 is 0 Å². The fourth-order valence-corrected chi connectivity index (χ4v) is 7.70. The van der Waals surface area contributed by atoms with E-state index in [0.29, 0.717) is 18.7 Å². The largest absolute Gasteiger partial charge is 0.319 e. The first kappa shape index (κ1) is 25.1. The number of thioether (sulfide) groups is 1. The topological polar surface area (TPSA) is 37.4 Å². The number of amides is 1. The smallest absolute Gasteiger partial charge is 0.224 e. The zero-order valence-corrected chi connectivity index (χ0v) is 21.7. The first-order valence-electron chi connectivity index (χ1n) is 11.8. The first-order valence-corrected chi connectivity index (χ1v) is 14.7. The molecule has 34 heavy (non-hydrogen) atoms. The molecule has 0 radical (unpaired) electrons. The van der Waals surface area contributed by atoms with Crippen LogP contribution in [0.1, 0.15) is 42.4 Å². The maximum absolute atomic E-state index is 12.5. The van der Waals surface area contributed by atoms with Gasteiger partial charge in [0.1, 0.15) is 0 Å². The summed E-state index contributed by atoms with van der Waals surface area (Å²) >= 11 is 6.30. The molecule has 3 aromatic rings. The molecule has 178 valence electrons. The van der Waals surface area contributed by atoms with Crippen molar-refractivity contribution in [2.75, 3.05) is 18.1 Å². The summed E-state index contributed by atoms with van der Waals surface area (Å²) in [5.74, 6) is 1.60. The summed E-state index contributed by atoms with van der Waals surface area (Å²) in [7, 11) is -1.03. The van der Waals surface area contributed by atoms with Crippen LogP contribution in [0.4, 0.5) is 0 Å². The average Bonchev–Trinajstić information content (AvgIpc) is 3.23. The van der Waals surface area contributed by atoms with Crippen LogP contribution < -0.4 is 0 Å². The normalized spacial score (nSPS) is 18.2. The van der Waals surface area contributed by atoms with Gasteiger partial charge < -0.3 is 4.90 Å². The molecule has 0 spiro atoms. The minimum absolute atomic E-state index is 0.0747. The number of hydrogen-bond acceptors (Lipinski definition) is 4. The number of carbonyl (C=O) groups excluding carboxylic acids is 1. The molecule has 3 nitrogen and oxygen atoms in total. The van der Waals surface area contributed by atoms with Gasteiger partial charge >= 0.3 is 0 Å². The Kier molecular flexibility index (Phi) is 8.92. The lowest BCUT2D eigenvalue weighted by molar-refractivity contribution is -0.130. The Morgan fingerprint density at radius 2 is 1.35 bits per heavy atom. The molecule has 0 aromatic heterocycles. The lowest BCUT2D eigenvalue weighted by atomic mass is 9.84. The minimum atomic E-state index is -1.03. The van der Waals surface area contributed by atoms with Gasteiger partial charge in [-0.1, -0.05) is 97.4 Å². The Balaban J connectivity index is 1.45. The van der Waals surface area contributed by atoms with Gasteiger partial charge in [0.05, 0.1) is 15.5 Å². The highest BCUT2D eigenvalue weighted by atomic mass is 32.2. The first-order chi connectivity index (χ1) is 16.6. The summed E-state index contributed by atoms with van der Waals surface area (Å²) in [5.41, 5.74) is 3.82. The van der Waals surface area contributed by atoms with E-state index in [0.717, 1.165) is 25.0 Å². The molecule has 1 amide bonds. The highest BCUT2D eigenvalue weighted by molar-refractivity contribution is 8.01. The predicted octanol–water partition coefficient (Wildman–Crippen LogP) is 6.08. The van der Waals surface area contributed by atoms with Crippen molar-refractivity contribution in [3.8, 4) is 0 Å². The van der Waals surface area contributed by atoms with Gasteiger partial charge in [-0.15, -0.1) is 24.4 Å². The van der Waals surface area contributed by atoms with E-state index in [1.165, 1.54) is 16.7 Å². The second-order valence-electron chi connectivity index (χ2n) is 8.44. The van der Waals surface area contributed by atoms with Crippen molar-refractivity contribution in [2.45, 2.75) is 35.1 Å². The molecule has 4 rings (SSSR count). The number of rotatable bonds is 10. The van der Waals surface area contributed by atoms with Crippen molar-refractivity contribution >= 4 is 41.1 Å². The molecular formula is C28H31NO2S3. The predicted molar refractivity (Wildman–Crippen MR) is 148 cm³/mol. The van der Waals surface area contributed by atoms with Crippen molar-refractivity contribution in [3.63, 3.8) is 0 Å². The minimum Gasteiger partial charge on any atom is -0.319 e. The molecule has 2 atom stereocenters. The highest BCUT2D eigenvalue weighted by Gasteiger charge is 2.36. The van der Waals surface area contributed by atoms with E-state index in [1.807, 2.05) is 11.8 Å². The van der Waals surface area contributed by atoms with Crippen molar-refractivity contribution in [1.29, 1.82) is 0 Å². The molecule has 6 heteroatoms. The van der Waals surface area contributed by atoms with Crippen molar-refractivity contribution in [3.05, 3.63) is 108 Å². The van der Waals surface area contributed by atoms with Crippen LogP contribution in [0, 0.1) is 0 Å². The van der Waals surface area contributed by atoms with Gasteiger partial charge in [0, 0.05) is 18.7 Å². The van der Waals surface area contributed by atoms with Crippen LogP contribution in [0.2, 0.25) is 0 Å². The second kappa shape index (κ2) is 12.1. The zero-order valence-electron chi connectivity index (χ0n) is 19.2. The molecule has 1 aliphatic rings. The molecule has 1 fully saturated rings. The number of hydrogen-bond donors (Lipinski definition) is 1. The molecular weight excluding hydrogens is 479 g/mol. The van der Waals surface area contributed by atoms with Crippen LogP contribution in [0.5, 0.6) is 0 Å². The monoisotopic (exact) mass is 509 g/mol. The number of nitrogens with zero attached hydrogens (tertiary/aromatic N) is 1. The molecule has 1 heterocycles. The molecule has 0 N–H and O–H groups in total. The van der Waals surface area contributed by atoms with Gasteiger partial charge in [-0.25, -0.2) is 0 Å². The van der Waals surface area contributed by atoms with Gasteiger partial charge in [-0.3, -0.25) is 9.00 Å². The molecule has 0 aliphatic carbocycles. The van der Waals surface area contributed by atoms with E-state index in [9.17, 15) is 9.00 Å². The van der Waals surface area contributed by atoms with Crippen molar-refractivity contribution in [2.24, 2.45) is 0 Å². The number of thiol groups is 1. The van der Waals surface area contributed by atoms with Crippen molar-refractivity contribution in [1.82, 2.24) is 4.90 Å². The Hall–Kier alpha value is -2.02. The average molecular weight is 510 g/mol. The SMILES string of the molecule is O=C(CCCCCSC(c1ccccc1)(c1ccccc1)c1ccccc1)N1CCS(=O)C1S. The van der Waals surface area contributed by atoms with E-state index in [-0.39, 0.29) is 10.7 Å². The number of benzene rings is 3. The third-order valence-corrected chi connectivity index (χ3v) is 10.2. The summed E-state index contributed by atoms with van der Waals surface area (Å²) in [4.78, 5) is 14.2. The van der Waals surface area contributed by atoms with Gasteiger partial charge in [-0.05, 0) is 35.3 Å². The van der Waals surface area contributed by atoms with Gasteiger partial charge in [-0.2, -0.15) is 0 Å². The summed E-state index contributed by atoms with van der Waals surface area (Å²) in [6.07, 6.45) is 3.36. The highest BCUT2D eigenvalue weighted by Crippen LogP contribution is 2.48. The molecule has 1 aliphatic heterocycles.